The summed E-state index contributed by atoms with van der Waals surface area (Å²) in [7, 11) is 7.88. The molecule has 326 valence electrons. The number of rotatable bonds is 9. The van der Waals surface area contributed by atoms with Crippen molar-refractivity contribution < 1.29 is 33.9 Å². The van der Waals surface area contributed by atoms with Crippen molar-refractivity contribution in [2.24, 2.45) is 69.1 Å². The Morgan fingerprint density at radius 2 is 0.934 bits per heavy atom. The van der Waals surface area contributed by atoms with Crippen LogP contribution in [0.3, 0.4) is 0 Å². The fourth-order valence-corrected chi connectivity index (χ4v) is 7.73. The molecule has 0 saturated carbocycles. The van der Waals surface area contributed by atoms with Gasteiger partial charge in [0, 0.05) is 133 Å². The summed E-state index contributed by atoms with van der Waals surface area (Å²) in [5, 5.41) is 34.2. The number of hydrogen-bond donors (Lipinski definition) is 0. The molecule has 8 heterocycles. The van der Waals surface area contributed by atoms with Crippen molar-refractivity contribution >= 4 is 46.6 Å². The van der Waals surface area contributed by atoms with Crippen molar-refractivity contribution in [3.05, 3.63) is 84.3 Å². The Kier molecular flexibility index (Phi) is 17.5. The number of halogens is 2. The van der Waals surface area contributed by atoms with E-state index >= 15 is 0 Å². The fraction of sp³-hybridized carbons (Fsp3) is 0.488. The van der Waals surface area contributed by atoms with Crippen LogP contribution in [0.1, 0.15) is 58.3 Å². The van der Waals surface area contributed by atoms with Crippen LogP contribution in [-0.4, -0.2) is 73.7 Å². The maximum atomic E-state index is 4.41. The first-order valence-corrected chi connectivity index (χ1v) is 21.1. The molecule has 0 unspecified atom stereocenters. The number of anilines is 4. The van der Waals surface area contributed by atoms with Crippen molar-refractivity contribution in [3.8, 4) is 0 Å². The molecular formula is C43H60Cl2N16. The molecule has 4 aromatic heterocycles. The summed E-state index contributed by atoms with van der Waals surface area (Å²) in [6, 6.07) is 16.8. The number of amidine groups is 1. The summed E-state index contributed by atoms with van der Waals surface area (Å²) in [5.74, 6) is 2.12. The van der Waals surface area contributed by atoms with Crippen LogP contribution in [0.5, 0.6) is 0 Å². The SMILES string of the molecule is CC(N=Nc1cc(N2CCCC2)cc[n+]1C)=NN=c1cc(N2CCCC2)ccn1C.Cn1ccc(N2CCCC2)cc1=NN=CN=Nc1cc(N2CCCC2)cc[n+]1C.[Cl-].[Cl-]. The van der Waals surface area contributed by atoms with Crippen LogP contribution in [0.4, 0.5) is 34.4 Å². The minimum absolute atomic E-state index is 0. The molecule has 0 amide bonds. The average molecular weight is 872 g/mol. The van der Waals surface area contributed by atoms with E-state index in [0.29, 0.717) is 5.84 Å². The molecule has 0 atom stereocenters. The van der Waals surface area contributed by atoms with E-state index in [1.165, 1.54) is 80.5 Å². The van der Waals surface area contributed by atoms with Crippen LogP contribution in [0.25, 0.3) is 0 Å². The predicted octanol–water partition coefficient (Wildman–Crippen LogP) is -0.246. The summed E-state index contributed by atoms with van der Waals surface area (Å²) in [4.78, 5) is 9.55. The molecule has 4 aliphatic rings. The van der Waals surface area contributed by atoms with Crippen LogP contribution < -0.4 is 64.5 Å². The number of pyridine rings is 4. The molecule has 0 bridgehead atoms. The largest absolute Gasteiger partial charge is 1.00 e. The van der Waals surface area contributed by atoms with E-state index in [1.54, 1.807) is 0 Å². The lowest BCUT2D eigenvalue weighted by Crippen LogP contribution is -3.00. The van der Waals surface area contributed by atoms with E-state index in [1.807, 2.05) is 78.2 Å². The van der Waals surface area contributed by atoms with E-state index in [-0.39, 0.29) is 24.8 Å². The molecule has 4 fully saturated rings. The normalized spacial score (nSPS) is 17.6. The standard InChI is InChI=1S/C22H31N8.C21H29N8.2ClH/c1-18(23-25-21-16-19(8-14-27(21)2)29-10-4-5-11-29)24-26-22-17-20(9-15-28(22)3)30-12-6-7-13-30;1-26-13-7-18(28-9-3-4-10-28)15-20(26)24-22-17-23-25-21-16-19(8-14-27(21)2)29-11-5-6-12-29;;/h8-9,14-17H,4-7,10-13H2,1-3H3;7-8,13-17H,3-6,9-12H2,1-2H3;2*1H/q2*+1;;/p-2. The van der Waals surface area contributed by atoms with E-state index in [9.17, 15) is 0 Å². The molecule has 0 radical (unpaired) electrons. The Balaban J connectivity index is 0.000000224. The molecule has 4 aromatic rings. The van der Waals surface area contributed by atoms with Gasteiger partial charge in [0.1, 0.15) is 0 Å². The Labute approximate surface area is 371 Å². The Hall–Kier alpha value is -5.48. The highest BCUT2D eigenvalue weighted by Crippen LogP contribution is 2.24. The zero-order valence-corrected chi connectivity index (χ0v) is 37.7. The number of azo groups is 2. The molecule has 0 N–H and O–H groups in total. The highest BCUT2D eigenvalue weighted by atomic mass is 35.5. The third-order valence-corrected chi connectivity index (χ3v) is 11.3. The highest BCUT2D eigenvalue weighted by molar-refractivity contribution is 5.79. The van der Waals surface area contributed by atoms with Gasteiger partial charge in [0.25, 0.3) is 0 Å². The van der Waals surface area contributed by atoms with Crippen molar-refractivity contribution in [1.82, 2.24) is 9.13 Å². The van der Waals surface area contributed by atoms with Crippen molar-refractivity contribution in [1.29, 1.82) is 0 Å². The van der Waals surface area contributed by atoms with Crippen molar-refractivity contribution in [2.45, 2.75) is 58.3 Å². The van der Waals surface area contributed by atoms with Gasteiger partial charge in [0.2, 0.25) is 0 Å². The summed E-state index contributed by atoms with van der Waals surface area (Å²) in [6.45, 7) is 10.7. The smallest absolute Gasteiger partial charge is 0.352 e. The lowest BCUT2D eigenvalue weighted by atomic mass is 10.3. The minimum atomic E-state index is 0. The Morgan fingerprint density at radius 3 is 1.38 bits per heavy atom. The van der Waals surface area contributed by atoms with Gasteiger partial charge in [-0.1, -0.05) is 0 Å². The molecule has 4 aliphatic heterocycles. The van der Waals surface area contributed by atoms with Gasteiger partial charge in [-0.3, -0.25) is 0 Å². The molecule has 4 saturated heterocycles. The first kappa shape index (κ1) is 46.6. The minimum Gasteiger partial charge on any atom is -1.00 e. The number of nitrogens with zero attached hydrogens (tertiary/aromatic N) is 16. The third kappa shape index (κ3) is 12.8. The van der Waals surface area contributed by atoms with Crippen LogP contribution >= 0.6 is 0 Å². The molecular weight excluding hydrogens is 811 g/mol. The fourth-order valence-electron chi connectivity index (χ4n) is 7.73. The third-order valence-electron chi connectivity index (χ3n) is 11.3. The van der Waals surface area contributed by atoms with Gasteiger partial charge in [-0.15, -0.1) is 20.4 Å². The van der Waals surface area contributed by atoms with Gasteiger partial charge < -0.3 is 53.5 Å². The van der Waals surface area contributed by atoms with Crippen LogP contribution in [0.2, 0.25) is 0 Å². The first-order valence-electron chi connectivity index (χ1n) is 21.1. The molecule has 0 spiro atoms. The van der Waals surface area contributed by atoms with Crippen LogP contribution in [0.15, 0.2) is 114 Å². The van der Waals surface area contributed by atoms with Gasteiger partial charge in [0.15, 0.2) is 23.1 Å². The second-order valence-electron chi connectivity index (χ2n) is 15.7. The van der Waals surface area contributed by atoms with E-state index < -0.39 is 0 Å². The first-order chi connectivity index (χ1) is 28.8. The van der Waals surface area contributed by atoms with Crippen molar-refractivity contribution in [3.63, 3.8) is 0 Å². The number of aromatic nitrogens is 4. The summed E-state index contributed by atoms with van der Waals surface area (Å²) in [5.41, 5.74) is 6.39. The second kappa shape index (κ2) is 22.9. The Bertz CT molecular complexity index is 2310. The van der Waals surface area contributed by atoms with Gasteiger partial charge in [-0.05, 0) is 73.7 Å². The van der Waals surface area contributed by atoms with E-state index in [4.69, 9.17) is 0 Å². The summed E-state index contributed by atoms with van der Waals surface area (Å²) >= 11 is 0. The Morgan fingerprint density at radius 1 is 0.541 bits per heavy atom. The number of aryl methyl sites for hydroxylation is 4. The van der Waals surface area contributed by atoms with Crippen LogP contribution in [0, 0.1) is 0 Å². The highest BCUT2D eigenvalue weighted by Gasteiger charge is 2.18. The zero-order chi connectivity index (χ0) is 41.0. The predicted molar refractivity (Wildman–Crippen MR) is 234 cm³/mol. The molecule has 18 heteroatoms. The van der Waals surface area contributed by atoms with Gasteiger partial charge in [-0.2, -0.15) is 0 Å². The van der Waals surface area contributed by atoms with Gasteiger partial charge in [-0.25, -0.2) is 9.13 Å². The maximum absolute atomic E-state index is 4.41. The lowest BCUT2D eigenvalue weighted by Gasteiger charge is -2.17. The van der Waals surface area contributed by atoms with E-state index in [0.717, 1.165) is 75.0 Å². The molecule has 0 aromatic carbocycles. The van der Waals surface area contributed by atoms with Crippen LogP contribution in [-0.2, 0) is 28.2 Å². The van der Waals surface area contributed by atoms with Gasteiger partial charge >= 0.3 is 11.6 Å². The van der Waals surface area contributed by atoms with Crippen molar-refractivity contribution in [2.75, 3.05) is 72.0 Å². The average Bonchev–Trinajstić information content (AvgIpc) is 4.11. The molecule has 0 aliphatic carbocycles. The molecule has 8 rings (SSSR count). The van der Waals surface area contributed by atoms with E-state index in [2.05, 4.69) is 109 Å². The maximum Gasteiger partial charge on any atom is 0.352 e. The zero-order valence-electron chi connectivity index (χ0n) is 36.2. The number of hydrogen-bond acceptors (Lipinski definition) is 10. The topological polar surface area (TPSA) is 129 Å². The molecule has 61 heavy (non-hydrogen) atoms. The van der Waals surface area contributed by atoms with Gasteiger partial charge in [0.05, 0.1) is 48.9 Å². The monoisotopic (exact) mass is 870 g/mol. The quantitative estimate of drug-likeness (QED) is 0.0757. The molecule has 16 nitrogen and oxygen atoms in total. The second-order valence-corrected chi connectivity index (χ2v) is 15.7. The summed E-state index contributed by atoms with van der Waals surface area (Å²) in [6.07, 6.45) is 19.5. The summed E-state index contributed by atoms with van der Waals surface area (Å²) < 4.78 is 7.83. The lowest BCUT2D eigenvalue weighted by molar-refractivity contribution is -0.658.